The predicted octanol–water partition coefficient (Wildman–Crippen LogP) is 4.39. The first-order valence-corrected chi connectivity index (χ1v) is 9.02. The van der Waals surface area contributed by atoms with Crippen LogP contribution in [0.5, 0.6) is 5.75 Å². The molecule has 3 N–H and O–H groups in total. The number of aromatic carboxylic acids is 1. The number of azo groups is 1. The molecule has 0 unspecified atom stereocenters. The van der Waals surface area contributed by atoms with Crippen molar-refractivity contribution in [2.45, 2.75) is 4.90 Å². The lowest BCUT2D eigenvalue weighted by atomic mass is 10.1. The SMILES string of the molecule is N#[N+]c1ccc2cc(S(=O)(=O)O)c(N=Nc3ccccc3C(=O)O)c(O)c2c1. The van der Waals surface area contributed by atoms with Crippen molar-refractivity contribution in [2.75, 3.05) is 0 Å². The molecule has 0 aliphatic rings. The lowest BCUT2D eigenvalue weighted by molar-refractivity contribution is 0.0697. The number of hydrogen-bond donors (Lipinski definition) is 3. The number of aromatic hydroxyl groups is 1. The van der Waals surface area contributed by atoms with Crippen molar-refractivity contribution in [1.82, 2.24) is 0 Å². The summed E-state index contributed by atoms with van der Waals surface area (Å²) < 4.78 is 33.0. The summed E-state index contributed by atoms with van der Waals surface area (Å²) in [5.41, 5.74) is -0.789. The van der Waals surface area contributed by atoms with Crippen molar-refractivity contribution in [3.8, 4) is 5.75 Å². The number of diazo groups is 1. The third kappa shape index (κ3) is 3.50. The zero-order chi connectivity index (χ0) is 20.5. The van der Waals surface area contributed by atoms with E-state index in [4.69, 9.17) is 5.39 Å². The highest BCUT2D eigenvalue weighted by molar-refractivity contribution is 7.86. The van der Waals surface area contributed by atoms with Gasteiger partial charge in [-0.25, -0.2) is 4.79 Å². The zero-order valence-electron chi connectivity index (χ0n) is 13.9. The van der Waals surface area contributed by atoms with Crippen LogP contribution in [0.4, 0.5) is 17.1 Å². The minimum atomic E-state index is -4.80. The monoisotopic (exact) mass is 399 g/mol. The number of rotatable bonds is 4. The summed E-state index contributed by atoms with van der Waals surface area (Å²) in [5.74, 6) is -1.92. The number of carboxylic acid groups (broad SMARTS) is 1. The van der Waals surface area contributed by atoms with Crippen molar-refractivity contribution in [1.29, 1.82) is 5.39 Å². The molecule has 3 aromatic carbocycles. The lowest BCUT2D eigenvalue weighted by Crippen LogP contribution is -1.99. The van der Waals surface area contributed by atoms with Gasteiger partial charge in [0.2, 0.25) is 5.39 Å². The van der Waals surface area contributed by atoms with Gasteiger partial charge in [-0.3, -0.25) is 4.55 Å². The molecule has 0 aromatic heterocycles. The minimum Gasteiger partial charge on any atom is -0.505 e. The van der Waals surface area contributed by atoms with Crippen molar-refractivity contribution in [2.24, 2.45) is 10.2 Å². The molecule has 10 nitrogen and oxygen atoms in total. The molecule has 0 saturated heterocycles. The molecule has 0 aliphatic heterocycles. The topological polar surface area (TPSA) is 165 Å². The summed E-state index contributed by atoms with van der Waals surface area (Å²) in [6.07, 6.45) is 0. The summed E-state index contributed by atoms with van der Waals surface area (Å²) in [6.45, 7) is 0. The van der Waals surface area contributed by atoms with E-state index in [9.17, 15) is 28.0 Å². The number of nitrogens with zero attached hydrogens (tertiary/aromatic N) is 4. The van der Waals surface area contributed by atoms with Crippen LogP contribution in [0.15, 0.2) is 63.7 Å². The molecular formula is C17H11N4O6S+. The van der Waals surface area contributed by atoms with Crippen LogP contribution in [-0.4, -0.2) is 29.2 Å². The summed E-state index contributed by atoms with van der Waals surface area (Å²) in [7, 11) is -4.80. The van der Waals surface area contributed by atoms with Gasteiger partial charge in [0.25, 0.3) is 10.1 Å². The lowest BCUT2D eigenvalue weighted by Gasteiger charge is -2.08. The van der Waals surface area contributed by atoms with E-state index in [1.807, 2.05) is 0 Å². The Kier molecular flexibility index (Phi) is 4.74. The van der Waals surface area contributed by atoms with Crippen LogP contribution in [0.25, 0.3) is 15.7 Å². The molecule has 140 valence electrons. The first kappa shape index (κ1) is 18.9. The van der Waals surface area contributed by atoms with Crippen molar-refractivity contribution in [3.05, 3.63) is 59.1 Å². The van der Waals surface area contributed by atoms with Crippen molar-refractivity contribution >= 4 is 43.9 Å². The highest BCUT2D eigenvalue weighted by atomic mass is 32.2. The van der Waals surface area contributed by atoms with Gasteiger partial charge >= 0.3 is 11.7 Å². The third-order valence-electron chi connectivity index (χ3n) is 3.82. The second kappa shape index (κ2) is 7.03. The number of benzene rings is 3. The molecule has 3 rings (SSSR count). The fraction of sp³-hybridized carbons (Fsp3) is 0. The second-order valence-corrected chi connectivity index (χ2v) is 6.96. The minimum absolute atomic E-state index is 0.0847. The van der Waals surface area contributed by atoms with E-state index in [2.05, 4.69) is 15.2 Å². The van der Waals surface area contributed by atoms with Gasteiger partial charge in [0.1, 0.15) is 16.3 Å². The van der Waals surface area contributed by atoms with E-state index in [1.54, 1.807) is 0 Å². The standard InChI is InChI=1S/C17H10N4O6S/c18-19-10-6-5-9-7-14(28(25,26)27)15(16(22)12(9)8-10)21-20-13-4-2-1-3-11(13)17(23)24/h1-8H,(H2-,20,22,23,24,25,26,27)/p+1. The molecule has 3 aromatic rings. The first-order valence-electron chi connectivity index (χ1n) is 7.58. The van der Waals surface area contributed by atoms with Crippen LogP contribution >= 0.6 is 0 Å². The maximum atomic E-state index is 11.7. The largest absolute Gasteiger partial charge is 0.505 e. The second-order valence-electron chi connectivity index (χ2n) is 5.57. The van der Waals surface area contributed by atoms with Crippen LogP contribution in [0, 0.1) is 5.39 Å². The maximum Gasteiger partial charge on any atom is 0.385 e. The molecule has 11 heteroatoms. The van der Waals surface area contributed by atoms with Crippen LogP contribution in [0.3, 0.4) is 0 Å². The molecule has 0 fully saturated rings. The van der Waals surface area contributed by atoms with Gasteiger partial charge in [0.15, 0.2) is 10.7 Å². The Hall–Kier alpha value is -3.88. The summed E-state index contributed by atoms with van der Waals surface area (Å²) in [6, 6.07) is 10.6. The van der Waals surface area contributed by atoms with Gasteiger partial charge in [-0.15, -0.1) is 10.2 Å². The van der Waals surface area contributed by atoms with Gasteiger partial charge in [0.05, 0.1) is 5.56 Å². The molecule has 0 saturated carbocycles. The summed E-state index contributed by atoms with van der Waals surface area (Å²) in [5, 5.41) is 36.3. The van der Waals surface area contributed by atoms with E-state index in [0.717, 1.165) is 6.07 Å². The van der Waals surface area contributed by atoms with Gasteiger partial charge in [-0.1, -0.05) is 12.1 Å². The summed E-state index contributed by atoms with van der Waals surface area (Å²) in [4.78, 5) is 13.5. The molecule has 0 spiro atoms. The van der Waals surface area contributed by atoms with E-state index in [-0.39, 0.29) is 27.7 Å². The molecule has 0 atom stereocenters. The molecule has 0 radical (unpaired) electrons. The highest BCUT2D eigenvalue weighted by Gasteiger charge is 2.23. The highest BCUT2D eigenvalue weighted by Crippen LogP contribution is 2.42. The van der Waals surface area contributed by atoms with E-state index in [0.29, 0.717) is 0 Å². The normalized spacial score (nSPS) is 11.6. The third-order valence-corrected chi connectivity index (χ3v) is 4.69. The first-order chi connectivity index (χ1) is 13.2. The number of carbonyl (C=O) groups is 1. The molecular weight excluding hydrogens is 388 g/mol. The number of phenols is 1. The van der Waals surface area contributed by atoms with Crippen molar-refractivity contribution < 1.29 is 28.0 Å². The number of phenolic OH excluding ortho intramolecular Hbond substituents is 1. The number of fused-ring (bicyclic) bond motifs is 1. The Bertz CT molecular complexity index is 1290. The predicted molar refractivity (Wildman–Crippen MR) is 97.7 cm³/mol. The van der Waals surface area contributed by atoms with Gasteiger partial charge in [-0.2, -0.15) is 8.42 Å². The molecule has 28 heavy (non-hydrogen) atoms. The van der Waals surface area contributed by atoms with Crippen LogP contribution < -0.4 is 0 Å². The Labute approximate surface area is 157 Å². The van der Waals surface area contributed by atoms with Gasteiger partial charge in [0, 0.05) is 17.5 Å². The molecule has 0 heterocycles. The van der Waals surface area contributed by atoms with Crippen molar-refractivity contribution in [3.63, 3.8) is 0 Å². The van der Waals surface area contributed by atoms with E-state index in [1.165, 1.54) is 42.5 Å². The fourth-order valence-corrected chi connectivity index (χ4v) is 3.19. The van der Waals surface area contributed by atoms with E-state index < -0.39 is 32.4 Å². The number of hydrogen-bond acceptors (Lipinski definition) is 7. The quantitative estimate of drug-likeness (QED) is 0.332. The Morgan fingerprint density at radius 1 is 1.07 bits per heavy atom. The number of carboxylic acids is 1. The van der Waals surface area contributed by atoms with Crippen LogP contribution in [0.2, 0.25) is 0 Å². The fourth-order valence-electron chi connectivity index (χ4n) is 2.53. The Morgan fingerprint density at radius 2 is 1.79 bits per heavy atom. The van der Waals surface area contributed by atoms with Crippen LogP contribution in [0.1, 0.15) is 10.4 Å². The Balaban J connectivity index is 2.29. The Morgan fingerprint density at radius 3 is 2.43 bits per heavy atom. The maximum absolute atomic E-state index is 11.7. The molecule has 0 aliphatic carbocycles. The van der Waals surface area contributed by atoms with E-state index >= 15 is 0 Å². The van der Waals surface area contributed by atoms with Crippen LogP contribution in [-0.2, 0) is 10.1 Å². The molecule has 0 amide bonds. The van der Waals surface area contributed by atoms with Gasteiger partial charge in [-0.05, 0) is 29.7 Å². The average Bonchev–Trinajstić information content (AvgIpc) is 2.66. The summed E-state index contributed by atoms with van der Waals surface area (Å²) >= 11 is 0. The zero-order valence-corrected chi connectivity index (χ0v) is 14.7. The average molecular weight is 399 g/mol. The smallest absolute Gasteiger partial charge is 0.385 e. The van der Waals surface area contributed by atoms with Gasteiger partial charge < -0.3 is 10.2 Å². The molecule has 0 bridgehead atoms.